The number of nitrogens with one attached hydrogen (secondary N) is 1. The number of hydrogen-bond acceptors (Lipinski definition) is 3. The molecule has 1 aromatic carbocycles. The van der Waals surface area contributed by atoms with Crippen molar-refractivity contribution in [2.45, 2.75) is 38.5 Å². The lowest BCUT2D eigenvalue weighted by molar-refractivity contribution is 0.0997. The Kier molecular flexibility index (Phi) is 3.91. The van der Waals surface area contributed by atoms with Crippen LogP contribution in [0.15, 0.2) is 35.3 Å². The maximum Gasteiger partial charge on any atom is 0.268 e. The van der Waals surface area contributed by atoms with Gasteiger partial charge in [0.05, 0.1) is 16.6 Å². The van der Waals surface area contributed by atoms with E-state index in [1.807, 2.05) is 13.0 Å². The summed E-state index contributed by atoms with van der Waals surface area (Å²) in [6, 6.07) is 7.28. The molecule has 6 heteroatoms. The van der Waals surface area contributed by atoms with Crippen molar-refractivity contribution < 1.29 is 4.79 Å². The summed E-state index contributed by atoms with van der Waals surface area (Å²) in [5.74, 6) is 1.00. The summed E-state index contributed by atoms with van der Waals surface area (Å²) in [5.41, 5.74) is 9.52. The Morgan fingerprint density at radius 1 is 1.28 bits per heavy atom. The van der Waals surface area contributed by atoms with Crippen LogP contribution >= 0.6 is 11.6 Å². The summed E-state index contributed by atoms with van der Waals surface area (Å²) in [7, 11) is 0. The van der Waals surface area contributed by atoms with E-state index in [0.29, 0.717) is 11.2 Å². The van der Waals surface area contributed by atoms with E-state index in [-0.39, 0.29) is 21.9 Å². The molecule has 0 spiro atoms. The van der Waals surface area contributed by atoms with Gasteiger partial charge in [0.25, 0.3) is 5.91 Å². The highest BCUT2D eigenvalue weighted by molar-refractivity contribution is 6.31. The fourth-order valence-electron chi connectivity index (χ4n) is 5.24. The average molecular weight is 408 g/mol. The number of carbonyl (C=O) groups excluding carboxylic acids is 1. The number of aryl methyl sites for hydroxylation is 1. The Morgan fingerprint density at radius 3 is 2.69 bits per heavy atom. The zero-order chi connectivity index (χ0) is 20.5. The minimum Gasteiger partial charge on any atom is -0.364 e. The van der Waals surface area contributed by atoms with Gasteiger partial charge in [-0.25, -0.2) is 0 Å². The number of aromatic nitrogens is 2. The summed E-state index contributed by atoms with van der Waals surface area (Å²) in [6.07, 6.45) is 5.24. The van der Waals surface area contributed by atoms with Gasteiger partial charge < -0.3 is 10.7 Å². The van der Waals surface area contributed by atoms with Crippen LogP contribution in [0.4, 0.5) is 0 Å². The topological polar surface area (TPSA) is 88.8 Å². The van der Waals surface area contributed by atoms with E-state index in [1.54, 1.807) is 6.07 Å². The van der Waals surface area contributed by atoms with Gasteiger partial charge in [0, 0.05) is 22.8 Å². The molecule has 2 aliphatic carbocycles. The van der Waals surface area contributed by atoms with E-state index < -0.39 is 5.91 Å². The van der Waals surface area contributed by atoms with Crippen molar-refractivity contribution in [2.24, 2.45) is 17.6 Å². The lowest BCUT2D eigenvalue weighted by Gasteiger charge is -2.28. The van der Waals surface area contributed by atoms with E-state index in [1.165, 1.54) is 37.1 Å². The van der Waals surface area contributed by atoms with Crippen LogP contribution in [0.25, 0.3) is 22.2 Å². The Bertz CT molecular complexity index is 1240. The van der Waals surface area contributed by atoms with Crippen LogP contribution in [-0.2, 0) is 5.41 Å². The van der Waals surface area contributed by atoms with E-state index >= 15 is 0 Å². The van der Waals surface area contributed by atoms with Crippen LogP contribution in [0.1, 0.15) is 47.8 Å². The molecule has 2 saturated carbocycles. The molecule has 29 heavy (non-hydrogen) atoms. The first-order valence-corrected chi connectivity index (χ1v) is 10.3. The Hall–Kier alpha value is -2.66. The second-order valence-electron chi connectivity index (χ2n) is 8.87. The first-order valence-electron chi connectivity index (χ1n) is 9.90. The smallest absolute Gasteiger partial charge is 0.268 e. The van der Waals surface area contributed by atoms with Gasteiger partial charge in [-0.3, -0.25) is 14.6 Å². The summed E-state index contributed by atoms with van der Waals surface area (Å²) >= 11 is 6.75. The van der Waals surface area contributed by atoms with Crippen LogP contribution in [-0.4, -0.2) is 15.9 Å². The third-order valence-electron chi connectivity index (χ3n) is 6.72. The molecule has 2 heterocycles. The molecule has 1 amide bonds. The molecule has 3 N–H and O–H groups in total. The monoisotopic (exact) mass is 407 g/mol. The Balaban J connectivity index is 1.63. The van der Waals surface area contributed by atoms with Crippen LogP contribution in [0.3, 0.4) is 0 Å². The fourth-order valence-corrected chi connectivity index (χ4v) is 5.63. The van der Waals surface area contributed by atoms with Gasteiger partial charge in [0.2, 0.25) is 0 Å². The first kappa shape index (κ1) is 18.4. The second kappa shape index (κ2) is 6.17. The quantitative estimate of drug-likeness (QED) is 0.676. The number of nitrogens with two attached hydrogens (primary N) is 1. The number of H-pyrrole nitrogens is 1. The number of nitrogens with zero attached hydrogens (tertiary/aromatic N) is 1. The maximum atomic E-state index is 12.8. The zero-order valence-electron chi connectivity index (χ0n) is 16.4. The lowest BCUT2D eigenvalue weighted by atomic mass is 9.77. The molecule has 5 rings (SSSR count). The molecule has 0 radical (unpaired) electrons. The van der Waals surface area contributed by atoms with Crippen LogP contribution in [0.5, 0.6) is 0 Å². The van der Waals surface area contributed by atoms with Crippen LogP contribution in [0.2, 0.25) is 5.02 Å². The molecule has 2 aromatic heterocycles. The third-order valence-corrected chi connectivity index (χ3v) is 7.04. The number of benzene rings is 1. The standard InChI is InChI=1S/C23H22ClN3O2/c1-11-5-15(23(2)9-12-6-13(12)10-23)16(24)7-14(11)18-8-19(28)20-17(27-18)3-4-26-21(20)22(25)29/h3-5,7-8,12-13H,6,9-10H2,1-2H3,(H2,25,29)(H,27,28)/t12-,13+,23?. The van der Waals surface area contributed by atoms with Crippen LogP contribution in [0, 0.1) is 18.8 Å². The van der Waals surface area contributed by atoms with E-state index in [4.69, 9.17) is 17.3 Å². The normalized spacial score (nSPS) is 25.2. The van der Waals surface area contributed by atoms with E-state index in [0.717, 1.165) is 28.0 Å². The lowest BCUT2D eigenvalue weighted by Crippen LogP contribution is -2.20. The van der Waals surface area contributed by atoms with Gasteiger partial charge in [-0.15, -0.1) is 0 Å². The van der Waals surface area contributed by atoms with Gasteiger partial charge in [-0.2, -0.15) is 0 Å². The van der Waals surface area contributed by atoms with Crippen molar-refractivity contribution in [3.8, 4) is 11.3 Å². The maximum absolute atomic E-state index is 12.8. The average Bonchev–Trinajstić information content (AvgIpc) is 3.29. The van der Waals surface area contributed by atoms with Gasteiger partial charge >= 0.3 is 0 Å². The number of pyridine rings is 2. The minimum atomic E-state index is -0.722. The van der Waals surface area contributed by atoms with Crippen molar-refractivity contribution in [2.75, 3.05) is 0 Å². The van der Waals surface area contributed by atoms with Gasteiger partial charge in [0.1, 0.15) is 5.69 Å². The van der Waals surface area contributed by atoms with Gasteiger partial charge in [-0.1, -0.05) is 24.6 Å². The van der Waals surface area contributed by atoms with Gasteiger partial charge in [-0.05, 0) is 66.7 Å². The summed E-state index contributed by atoms with van der Waals surface area (Å²) in [6.45, 7) is 4.36. The minimum absolute atomic E-state index is 0.0203. The number of aromatic amines is 1. The fraction of sp³-hybridized carbons (Fsp3) is 0.348. The Labute approximate surface area is 173 Å². The van der Waals surface area contributed by atoms with Crippen molar-refractivity contribution in [1.82, 2.24) is 9.97 Å². The molecule has 2 aliphatic rings. The number of carbonyl (C=O) groups is 1. The third kappa shape index (κ3) is 2.87. The van der Waals surface area contributed by atoms with Gasteiger partial charge in [0.15, 0.2) is 5.43 Å². The molecule has 5 nitrogen and oxygen atoms in total. The molecular formula is C23H22ClN3O2. The molecule has 0 bridgehead atoms. The summed E-state index contributed by atoms with van der Waals surface area (Å²) in [4.78, 5) is 31.6. The molecule has 0 saturated heterocycles. The highest BCUT2D eigenvalue weighted by atomic mass is 35.5. The zero-order valence-corrected chi connectivity index (χ0v) is 17.1. The van der Waals surface area contributed by atoms with Crippen molar-refractivity contribution >= 4 is 28.4 Å². The summed E-state index contributed by atoms with van der Waals surface area (Å²) in [5, 5.41) is 0.949. The number of primary amides is 1. The number of halogens is 1. The van der Waals surface area contributed by atoms with Crippen molar-refractivity contribution in [1.29, 1.82) is 0 Å². The summed E-state index contributed by atoms with van der Waals surface area (Å²) < 4.78 is 0. The molecule has 148 valence electrons. The molecular weight excluding hydrogens is 386 g/mol. The highest BCUT2D eigenvalue weighted by Crippen LogP contribution is 2.61. The van der Waals surface area contributed by atoms with Crippen LogP contribution < -0.4 is 11.2 Å². The van der Waals surface area contributed by atoms with E-state index in [2.05, 4.69) is 23.0 Å². The Morgan fingerprint density at radius 2 is 2.00 bits per heavy atom. The molecule has 2 fully saturated rings. The molecule has 0 aliphatic heterocycles. The number of amides is 1. The molecule has 1 unspecified atom stereocenters. The van der Waals surface area contributed by atoms with Crippen molar-refractivity contribution in [3.63, 3.8) is 0 Å². The SMILES string of the molecule is Cc1cc(C2(C)C[C@H]3C[C@H]3C2)c(Cl)cc1-c1cc(=O)c2c(C(N)=O)nccc2[nH]1. The first-order chi connectivity index (χ1) is 13.8. The van der Waals surface area contributed by atoms with Crippen molar-refractivity contribution in [3.05, 3.63) is 62.5 Å². The second-order valence-corrected chi connectivity index (χ2v) is 9.27. The largest absolute Gasteiger partial charge is 0.364 e. The predicted molar refractivity (Wildman–Crippen MR) is 114 cm³/mol. The number of fused-ring (bicyclic) bond motifs is 2. The molecule has 3 atom stereocenters. The number of rotatable bonds is 3. The number of hydrogen-bond donors (Lipinski definition) is 2. The molecule has 3 aromatic rings. The van der Waals surface area contributed by atoms with E-state index in [9.17, 15) is 9.59 Å². The highest BCUT2D eigenvalue weighted by Gasteiger charge is 2.52. The predicted octanol–water partition coefficient (Wildman–Crippen LogP) is 4.34.